The van der Waals surface area contributed by atoms with Gasteiger partial charge in [0.05, 0.1) is 0 Å². The minimum Gasteiger partial charge on any atom is -0.366 e. The predicted octanol–water partition coefficient (Wildman–Crippen LogP) is 1.74. The van der Waals surface area contributed by atoms with Crippen molar-refractivity contribution in [2.45, 2.75) is 38.1 Å². The van der Waals surface area contributed by atoms with Crippen LogP contribution in [0.15, 0.2) is 18.2 Å². The maximum Gasteiger partial charge on any atom is 0.248 e. The monoisotopic (exact) mass is 244 g/mol. The molecule has 3 heteroatoms. The van der Waals surface area contributed by atoms with Gasteiger partial charge in [-0.15, -0.1) is 0 Å². The Morgan fingerprint density at radius 1 is 1.28 bits per heavy atom. The molecular formula is C15H20N2O. The van der Waals surface area contributed by atoms with Gasteiger partial charge < -0.3 is 10.6 Å². The molecule has 1 aromatic rings. The van der Waals surface area contributed by atoms with Gasteiger partial charge in [0.1, 0.15) is 0 Å². The molecule has 3 nitrogen and oxygen atoms in total. The summed E-state index contributed by atoms with van der Waals surface area (Å²) in [7, 11) is 0. The summed E-state index contributed by atoms with van der Waals surface area (Å²) in [6, 6.07) is 6.57. The smallest absolute Gasteiger partial charge is 0.248 e. The average molecular weight is 244 g/mol. The normalized spacial score (nSPS) is 23.9. The largest absolute Gasteiger partial charge is 0.366 e. The number of likely N-dealkylation sites (tertiary alicyclic amines) is 1. The molecule has 2 aliphatic rings. The Bertz CT molecular complexity index is 464. The third kappa shape index (κ3) is 2.03. The predicted molar refractivity (Wildman–Crippen MR) is 71.6 cm³/mol. The fourth-order valence-electron chi connectivity index (χ4n) is 3.42. The average Bonchev–Trinajstić information content (AvgIpc) is 2.91. The molecule has 0 saturated carbocycles. The Balaban J connectivity index is 1.88. The molecule has 1 atom stereocenters. The number of primary amides is 1. The number of aryl methyl sites for hydroxylation is 1. The van der Waals surface area contributed by atoms with Crippen LogP contribution in [-0.2, 0) is 12.8 Å². The minimum atomic E-state index is -0.283. The lowest BCUT2D eigenvalue weighted by molar-refractivity contribution is 0.0998. The number of rotatable bonds is 2. The van der Waals surface area contributed by atoms with Crippen molar-refractivity contribution in [2.75, 3.05) is 13.1 Å². The second kappa shape index (κ2) is 4.73. The summed E-state index contributed by atoms with van der Waals surface area (Å²) < 4.78 is 0. The first-order valence-corrected chi connectivity index (χ1v) is 6.90. The van der Waals surface area contributed by atoms with E-state index >= 15 is 0 Å². The Labute approximate surface area is 108 Å². The highest BCUT2D eigenvalue weighted by atomic mass is 16.1. The van der Waals surface area contributed by atoms with Crippen LogP contribution >= 0.6 is 0 Å². The fourth-order valence-corrected chi connectivity index (χ4v) is 3.42. The van der Waals surface area contributed by atoms with E-state index in [1.165, 1.54) is 43.5 Å². The summed E-state index contributed by atoms with van der Waals surface area (Å²) in [5.41, 5.74) is 8.74. The zero-order chi connectivity index (χ0) is 12.5. The number of amides is 1. The first-order valence-electron chi connectivity index (χ1n) is 6.90. The van der Waals surface area contributed by atoms with Crippen molar-refractivity contribution in [3.05, 3.63) is 34.9 Å². The van der Waals surface area contributed by atoms with E-state index in [-0.39, 0.29) is 5.91 Å². The second-order valence-electron chi connectivity index (χ2n) is 5.45. The third-order valence-corrected chi connectivity index (χ3v) is 4.38. The summed E-state index contributed by atoms with van der Waals surface area (Å²) in [5, 5.41) is 0. The van der Waals surface area contributed by atoms with Crippen molar-refractivity contribution < 1.29 is 4.79 Å². The molecule has 0 radical (unpaired) electrons. The lowest BCUT2D eigenvalue weighted by Gasteiger charge is -2.32. The molecule has 2 N–H and O–H groups in total. The van der Waals surface area contributed by atoms with Crippen LogP contribution in [0.4, 0.5) is 0 Å². The van der Waals surface area contributed by atoms with Gasteiger partial charge in [-0.2, -0.15) is 0 Å². The van der Waals surface area contributed by atoms with Crippen LogP contribution in [0.25, 0.3) is 0 Å². The molecule has 1 fully saturated rings. The molecule has 0 aromatic heterocycles. The highest BCUT2D eigenvalue weighted by Crippen LogP contribution is 2.28. The summed E-state index contributed by atoms with van der Waals surface area (Å²) in [6.45, 7) is 2.44. The van der Waals surface area contributed by atoms with E-state index in [1.807, 2.05) is 12.1 Å². The SMILES string of the molecule is NC(=O)c1cccc2c1CC(N1CCCC1)CC2. The van der Waals surface area contributed by atoms with Crippen LogP contribution < -0.4 is 5.73 Å². The van der Waals surface area contributed by atoms with Gasteiger partial charge in [-0.25, -0.2) is 0 Å². The first kappa shape index (κ1) is 11.7. The van der Waals surface area contributed by atoms with Crippen LogP contribution in [0, 0.1) is 0 Å². The fraction of sp³-hybridized carbons (Fsp3) is 0.533. The standard InChI is InChI=1S/C15H20N2O/c16-15(18)13-5-3-4-11-6-7-12(10-14(11)13)17-8-1-2-9-17/h3-5,12H,1-2,6-10H2,(H2,16,18). The number of hydrogen-bond acceptors (Lipinski definition) is 2. The molecule has 1 amide bonds. The van der Waals surface area contributed by atoms with Crippen LogP contribution in [0.1, 0.15) is 40.7 Å². The number of fused-ring (bicyclic) bond motifs is 1. The molecule has 1 heterocycles. The van der Waals surface area contributed by atoms with Gasteiger partial charge in [0, 0.05) is 11.6 Å². The molecule has 18 heavy (non-hydrogen) atoms. The van der Waals surface area contributed by atoms with Crippen LogP contribution in [-0.4, -0.2) is 29.9 Å². The van der Waals surface area contributed by atoms with E-state index in [1.54, 1.807) is 0 Å². The number of nitrogens with two attached hydrogens (primary N) is 1. The first-order chi connectivity index (χ1) is 8.75. The quantitative estimate of drug-likeness (QED) is 0.861. The van der Waals surface area contributed by atoms with Crippen molar-refractivity contribution in [3.8, 4) is 0 Å². The van der Waals surface area contributed by atoms with E-state index in [2.05, 4.69) is 11.0 Å². The molecule has 1 unspecified atom stereocenters. The molecule has 0 spiro atoms. The minimum absolute atomic E-state index is 0.283. The Hall–Kier alpha value is -1.35. The van der Waals surface area contributed by atoms with Crippen molar-refractivity contribution >= 4 is 5.91 Å². The topological polar surface area (TPSA) is 46.3 Å². The number of nitrogens with zero attached hydrogens (tertiary/aromatic N) is 1. The molecule has 1 aliphatic heterocycles. The lowest BCUT2D eigenvalue weighted by atomic mass is 9.84. The van der Waals surface area contributed by atoms with E-state index in [9.17, 15) is 4.79 Å². The van der Waals surface area contributed by atoms with E-state index < -0.39 is 0 Å². The molecule has 3 rings (SSSR count). The summed E-state index contributed by atoms with van der Waals surface area (Å²) in [6.07, 6.45) is 5.93. The summed E-state index contributed by atoms with van der Waals surface area (Å²) >= 11 is 0. The van der Waals surface area contributed by atoms with E-state index in [4.69, 9.17) is 5.73 Å². The number of carbonyl (C=O) groups is 1. The molecule has 0 bridgehead atoms. The molecular weight excluding hydrogens is 224 g/mol. The zero-order valence-electron chi connectivity index (χ0n) is 10.7. The van der Waals surface area contributed by atoms with Crippen molar-refractivity contribution in [1.29, 1.82) is 0 Å². The molecule has 1 saturated heterocycles. The van der Waals surface area contributed by atoms with Gasteiger partial charge in [-0.05, 0) is 62.4 Å². The summed E-state index contributed by atoms with van der Waals surface area (Å²) in [4.78, 5) is 14.1. The van der Waals surface area contributed by atoms with Gasteiger partial charge in [0.25, 0.3) is 0 Å². The van der Waals surface area contributed by atoms with Gasteiger partial charge in [-0.3, -0.25) is 4.79 Å². The molecule has 1 aliphatic carbocycles. The van der Waals surface area contributed by atoms with Crippen molar-refractivity contribution in [1.82, 2.24) is 4.90 Å². The van der Waals surface area contributed by atoms with E-state index in [0.717, 1.165) is 18.4 Å². The molecule has 96 valence electrons. The van der Waals surface area contributed by atoms with Crippen LogP contribution in [0.5, 0.6) is 0 Å². The maximum absolute atomic E-state index is 11.5. The highest BCUT2D eigenvalue weighted by Gasteiger charge is 2.28. The van der Waals surface area contributed by atoms with Gasteiger partial charge in [0.2, 0.25) is 5.91 Å². The highest BCUT2D eigenvalue weighted by molar-refractivity contribution is 5.94. The Morgan fingerprint density at radius 3 is 2.78 bits per heavy atom. The van der Waals surface area contributed by atoms with Crippen LogP contribution in [0.3, 0.4) is 0 Å². The summed E-state index contributed by atoms with van der Waals surface area (Å²) in [5.74, 6) is -0.283. The lowest BCUT2D eigenvalue weighted by Crippen LogP contribution is -2.38. The Kier molecular flexibility index (Phi) is 3.08. The third-order valence-electron chi connectivity index (χ3n) is 4.38. The van der Waals surface area contributed by atoms with E-state index in [0.29, 0.717) is 6.04 Å². The maximum atomic E-state index is 11.5. The molecule has 1 aromatic carbocycles. The zero-order valence-corrected chi connectivity index (χ0v) is 10.7. The number of hydrogen-bond donors (Lipinski definition) is 1. The Morgan fingerprint density at radius 2 is 2.06 bits per heavy atom. The second-order valence-corrected chi connectivity index (χ2v) is 5.45. The van der Waals surface area contributed by atoms with Crippen molar-refractivity contribution in [3.63, 3.8) is 0 Å². The van der Waals surface area contributed by atoms with Gasteiger partial charge in [0.15, 0.2) is 0 Å². The van der Waals surface area contributed by atoms with Gasteiger partial charge in [-0.1, -0.05) is 12.1 Å². The number of benzene rings is 1. The van der Waals surface area contributed by atoms with Crippen LogP contribution in [0.2, 0.25) is 0 Å². The van der Waals surface area contributed by atoms with Gasteiger partial charge >= 0.3 is 0 Å². The number of carbonyl (C=O) groups excluding carboxylic acids is 1. The van der Waals surface area contributed by atoms with Crippen molar-refractivity contribution in [2.24, 2.45) is 5.73 Å².